The van der Waals surface area contributed by atoms with E-state index in [1.165, 1.54) is 6.07 Å². The number of nitriles is 1. The van der Waals surface area contributed by atoms with Crippen molar-refractivity contribution in [1.82, 2.24) is 4.98 Å². The molecular formula is C8H2BrF5N2. The molecule has 0 saturated carbocycles. The first-order valence-corrected chi connectivity index (χ1v) is 4.52. The normalized spacial score (nSPS) is 11.6. The molecule has 0 aliphatic rings. The highest BCUT2D eigenvalue weighted by atomic mass is 79.9. The maximum Gasteiger partial charge on any atom is 0.417 e. The van der Waals surface area contributed by atoms with Crippen molar-refractivity contribution in [2.75, 3.05) is 0 Å². The summed E-state index contributed by atoms with van der Waals surface area (Å²) in [5.41, 5.74) is -3.26. The molecule has 2 nitrogen and oxygen atoms in total. The van der Waals surface area contributed by atoms with Crippen molar-refractivity contribution in [3.63, 3.8) is 0 Å². The van der Waals surface area contributed by atoms with Crippen molar-refractivity contribution < 1.29 is 22.0 Å². The van der Waals surface area contributed by atoms with E-state index in [0.29, 0.717) is 0 Å². The summed E-state index contributed by atoms with van der Waals surface area (Å²) in [6.07, 6.45) is -8.01. The minimum Gasteiger partial charge on any atom is -0.238 e. The van der Waals surface area contributed by atoms with Crippen LogP contribution in [0.4, 0.5) is 22.0 Å². The summed E-state index contributed by atoms with van der Waals surface area (Å²) in [6, 6.07) is 1.44. The topological polar surface area (TPSA) is 36.7 Å². The monoisotopic (exact) mass is 300 g/mol. The second-order valence-electron chi connectivity index (χ2n) is 2.67. The molecule has 0 spiro atoms. The van der Waals surface area contributed by atoms with Crippen LogP contribution >= 0.6 is 15.9 Å². The van der Waals surface area contributed by atoms with Gasteiger partial charge >= 0.3 is 6.18 Å². The van der Waals surface area contributed by atoms with Crippen molar-refractivity contribution in [3.8, 4) is 6.07 Å². The number of hydrogen-bond acceptors (Lipinski definition) is 2. The molecule has 0 aromatic carbocycles. The van der Waals surface area contributed by atoms with E-state index in [4.69, 9.17) is 5.26 Å². The first-order chi connectivity index (χ1) is 7.27. The van der Waals surface area contributed by atoms with Crippen LogP contribution in [0.5, 0.6) is 0 Å². The van der Waals surface area contributed by atoms with Gasteiger partial charge in [0.2, 0.25) is 0 Å². The third-order valence-corrected chi connectivity index (χ3v) is 2.21. The van der Waals surface area contributed by atoms with Gasteiger partial charge in [-0.25, -0.2) is 13.8 Å². The van der Waals surface area contributed by atoms with Crippen LogP contribution in [0.15, 0.2) is 10.7 Å². The van der Waals surface area contributed by atoms with Crippen LogP contribution in [0.25, 0.3) is 0 Å². The van der Waals surface area contributed by atoms with Crippen LogP contribution in [0.2, 0.25) is 0 Å². The summed E-state index contributed by atoms with van der Waals surface area (Å²) in [5.74, 6) is 0. The number of halogens is 6. The van der Waals surface area contributed by atoms with Gasteiger partial charge in [-0.15, -0.1) is 0 Å². The van der Waals surface area contributed by atoms with Gasteiger partial charge in [0.05, 0.1) is 11.1 Å². The third kappa shape index (κ3) is 2.47. The molecule has 0 radical (unpaired) electrons. The zero-order valence-electron chi connectivity index (χ0n) is 7.32. The quantitative estimate of drug-likeness (QED) is 0.586. The first kappa shape index (κ1) is 12.8. The minimum atomic E-state index is -4.87. The minimum absolute atomic E-state index is 0.175. The molecule has 1 aromatic rings. The molecule has 1 heterocycles. The number of rotatable bonds is 1. The Labute approximate surface area is 94.8 Å². The van der Waals surface area contributed by atoms with E-state index in [1.54, 1.807) is 0 Å². The Hall–Kier alpha value is -1.23. The van der Waals surface area contributed by atoms with Crippen LogP contribution in [-0.4, -0.2) is 4.98 Å². The lowest BCUT2D eigenvalue weighted by Gasteiger charge is -2.11. The van der Waals surface area contributed by atoms with Gasteiger partial charge in [0.15, 0.2) is 0 Å². The van der Waals surface area contributed by atoms with E-state index in [2.05, 4.69) is 20.9 Å². The predicted molar refractivity (Wildman–Crippen MR) is 46.6 cm³/mol. The van der Waals surface area contributed by atoms with Gasteiger partial charge in [0.1, 0.15) is 16.4 Å². The molecule has 1 rings (SSSR count). The van der Waals surface area contributed by atoms with Crippen LogP contribution < -0.4 is 0 Å². The Kier molecular flexibility index (Phi) is 3.48. The van der Waals surface area contributed by atoms with Crippen molar-refractivity contribution in [1.29, 1.82) is 5.26 Å². The standard InChI is InChI=1S/C8H2BrF5N2/c9-6-3(2-15)4(8(12,13)14)1-5(16-6)7(10)11/h1,7H. The Balaban J connectivity index is 3.51. The summed E-state index contributed by atoms with van der Waals surface area (Å²) in [4.78, 5) is 3.16. The van der Waals surface area contributed by atoms with Gasteiger partial charge in [0, 0.05) is 0 Å². The fourth-order valence-electron chi connectivity index (χ4n) is 0.974. The third-order valence-electron chi connectivity index (χ3n) is 1.64. The molecule has 0 N–H and O–H groups in total. The Morgan fingerprint density at radius 1 is 1.38 bits per heavy atom. The summed E-state index contributed by atoms with van der Waals surface area (Å²) < 4.78 is 61.1. The summed E-state index contributed by atoms with van der Waals surface area (Å²) >= 11 is 2.55. The zero-order chi connectivity index (χ0) is 12.5. The lowest BCUT2D eigenvalue weighted by molar-refractivity contribution is -0.138. The largest absolute Gasteiger partial charge is 0.417 e. The number of hydrogen-bond donors (Lipinski definition) is 0. The van der Waals surface area contributed by atoms with Gasteiger partial charge in [-0.1, -0.05) is 0 Å². The molecule has 0 atom stereocenters. The van der Waals surface area contributed by atoms with Gasteiger partial charge in [-0.2, -0.15) is 18.4 Å². The number of nitrogens with zero attached hydrogens (tertiary/aromatic N) is 2. The predicted octanol–water partition coefficient (Wildman–Crippen LogP) is 3.67. The average Bonchev–Trinajstić information content (AvgIpc) is 2.14. The highest BCUT2D eigenvalue weighted by Crippen LogP contribution is 2.36. The SMILES string of the molecule is N#Cc1c(C(F)(F)F)cc(C(F)F)nc1Br. The van der Waals surface area contributed by atoms with Crippen molar-refractivity contribution in [2.24, 2.45) is 0 Å². The van der Waals surface area contributed by atoms with Crippen molar-refractivity contribution in [3.05, 3.63) is 27.5 Å². The average molecular weight is 301 g/mol. The molecule has 8 heteroatoms. The molecule has 0 saturated heterocycles. The van der Waals surface area contributed by atoms with E-state index in [-0.39, 0.29) is 6.07 Å². The van der Waals surface area contributed by atoms with E-state index in [0.717, 1.165) is 0 Å². The highest BCUT2D eigenvalue weighted by molar-refractivity contribution is 9.10. The maximum absolute atomic E-state index is 12.4. The van der Waals surface area contributed by atoms with Gasteiger partial charge in [-0.05, 0) is 22.0 Å². The molecule has 0 unspecified atom stereocenters. The van der Waals surface area contributed by atoms with Crippen LogP contribution in [0.1, 0.15) is 23.2 Å². The Morgan fingerprint density at radius 3 is 2.31 bits per heavy atom. The second kappa shape index (κ2) is 4.33. The number of pyridine rings is 1. The fourth-order valence-corrected chi connectivity index (χ4v) is 1.48. The molecule has 16 heavy (non-hydrogen) atoms. The van der Waals surface area contributed by atoms with Gasteiger partial charge in [-0.3, -0.25) is 0 Å². The van der Waals surface area contributed by atoms with Crippen LogP contribution in [-0.2, 0) is 6.18 Å². The number of aromatic nitrogens is 1. The summed E-state index contributed by atoms with van der Waals surface area (Å²) in [7, 11) is 0. The van der Waals surface area contributed by atoms with E-state index in [1.807, 2.05) is 0 Å². The molecule has 86 valence electrons. The fraction of sp³-hybridized carbons (Fsp3) is 0.250. The number of alkyl halides is 5. The summed E-state index contributed by atoms with van der Waals surface area (Å²) in [5, 5.41) is 8.48. The molecule has 0 aliphatic heterocycles. The van der Waals surface area contributed by atoms with Crippen LogP contribution in [0, 0.1) is 11.3 Å². The molecule has 1 aromatic heterocycles. The zero-order valence-corrected chi connectivity index (χ0v) is 8.90. The van der Waals surface area contributed by atoms with Gasteiger partial charge in [0.25, 0.3) is 6.43 Å². The first-order valence-electron chi connectivity index (χ1n) is 3.73. The molecule has 0 fully saturated rings. The molecule has 0 bridgehead atoms. The lowest BCUT2D eigenvalue weighted by atomic mass is 10.1. The Bertz CT molecular complexity index is 449. The smallest absolute Gasteiger partial charge is 0.238 e. The van der Waals surface area contributed by atoms with E-state index in [9.17, 15) is 22.0 Å². The maximum atomic E-state index is 12.4. The Morgan fingerprint density at radius 2 is 1.94 bits per heavy atom. The second-order valence-corrected chi connectivity index (χ2v) is 3.42. The van der Waals surface area contributed by atoms with Crippen molar-refractivity contribution >= 4 is 15.9 Å². The van der Waals surface area contributed by atoms with E-state index < -0.39 is 34.0 Å². The van der Waals surface area contributed by atoms with Gasteiger partial charge < -0.3 is 0 Å². The highest BCUT2D eigenvalue weighted by Gasteiger charge is 2.36. The molecular weight excluding hydrogens is 299 g/mol. The van der Waals surface area contributed by atoms with Crippen LogP contribution in [0.3, 0.4) is 0 Å². The summed E-state index contributed by atoms with van der Waals surface area (Å²) in [6.45, 7) is 0. The molecule has 0 aliphatic carbocycles. The van der Waals surface area contributed by atoms with E-state index >= 15 is 0 Å². The van der Waals surface area contributed by atoms with Crippen molar-refractivity contribution in [2.45, 2.75) is 12.6 Å². The molecule has 0 amide bonds. The lowest BCUT2D eigenvalue weighted by Crippen LogP contribution is -2.11.